The van der Waals surface area contributed by atoms with Gasteiger partial charge in [0.2, 0.25) is 5.91 Å². The number of nitrogens with one attached hydrogen (secondary N) is 1. The normalized spacial score (nSPS) is 18.4. The van der Waals surface area contributed by atoms with E-state index in [9.17, 15) is 14.4 Å². The molecule has 0 spiro atoms. The van der Waals surface area contributed by atoms with Crippen LogP contribution in [0, 0.1) is 11.8 Å². The topological polar surface area (TPSA) is 81.7 Å². The van der Waals surface area contributed by atoms with Crippen molar-refractivity contribution in [3.63, 3.8) is 0 Å². The summed E-state index contributed by atoms with van der Waals surface area (Å²) in [6, 6.07) is -0.816. The van der Waals surface area contributed by atoms with Crippen LogP contribution >= 0.6 is 0 Å². The predicted octanol–water partition coefficient (Wildman–Crippen LogP) is 1.42. The quantitative estimate of drug-likeness (QED) is 0.750. The molecule has 2 atom stereocenters. The number of carbonyl (C=O) groups excluding carboxylic acids is 3. The van der Waals surface area contributed by atoms with Gasteiger partial charge in [0.05, 0.1) is 20.6 Å². The molecule has 1 saturated carbocycles. The zero-order valence-corrected chi connectivity index (χ0v) is 13.0. The van der Waals surface area contributed by atoms with Gasteiger partial charge in [0.25, 0.3) is 0 Å². The first-order chi connectivity index (χ1) is 9.99. The summed E-state index contributed by atoms with van der Waals surface area (Å²) >= 11 is 0. The Labute approximate surface area is 125 Å². The van der Waals surface area contributed by atoms with Gasteiger partial charge >= 0.3 is 11.9 Å². The summed E-state index contributed by atoms with van der Waals surface area (Å²) in [5.74, 6) is -1.49. The van der Waals surface area contributed by atoms with E-state index in [0.717, 1.165) is 32.1 Å². The highest BCUT2D eigenvalue weighted by atomic mass is 16.5. The maximum absolute atomic E-state index is 12.3. The lowest BCUT2D eigenvalue weighted by Gasteiger charge is -2.26. The molecule has 0 unspecified atom stereocenters. The molecule has 21 heavy (non-hydrogen) atoms. The fourth-order valence-electron chi connectivity index (χ4n) is 2.66. The van der Waals surface area contributed by atoms with Gasteiger partial charge in [0.15, 0.2) is 0 Å². The molecule has 0 saturated heterocycles. The van der Waals surface area contributed by atoms with Crippen LogP contribution in [0.25, 0.3) is 0 Å². The van der Waals surface area contributed by atoms with Crippen molar-refractivity contribution >= 4 is 17.8 Å². The SMILES string of the molecule is COC(=O)C[C@@H](C)[C@@H](NC(=O)C1CCCCC1)C(=O)OC. The molecule has 1 fully saturated rings. The van der Waals surface area contributed by atoms with Gasteiger partial charge in [-0.3, -0.25) is 9.59 Å². The third kappa shape index (κ3) is 5.36. The van der Waals surface area contributed by atoms with E-state index in [2.05, 4.69) is 10.1 Å². The van der Waals surface area contributed by atoms with Crippen molar-refractivity contribution in [2.24, 2.45) is 11.8 Å². The van der Waals surface area contributed by atoms with Gasteiger partial charge in [0, 0.05) is 5.92 Å². The van der Waals surface area contributed by atoms with Crippen LogP contribution in [0.1, 0.15) is 45.4 Å². The van der Waals surface area contributed by atoms with Crippen LogP contribution in [0.3, 0.4) is 0 Å². The number of hydrogen-bond acceptors (Lipinski definition) is 5. The molecule has 1 amide bonds. The van der Waals surface area contributed by atoms with Crippen LogP contribution in [-0.4, -0.2) is 38.1 Å². The third-order valence-electron chi connectivity index (χ3n) is 4.01. The lowest BCUT2D eigenvalue weighted by atomic mass is 9.88. The van der Waals surface area contributed by atoms with Crippen LogP contribution in [0.5, 0.6) is 0 Å². The van der Waals surface area contributed by atoms with E-state index in [-0.39, 0.29) is 24.2 Å². The molecular formula is C15H25NO5. The van der Waals surface area contributed by atoms with E-state index in [4.69, 9.17) is 4.74 Å². The predicted molar refractivity (Wildman–Crippen MR) is 76.3 cm³/mol. The first kappa shape index (κ1) is 17.5. The largest absolute Gasteiger partial charge is 0.469 e. The highest BCUT2D eigenvalue weighted by molar-refractivity contribution is 5.86. The fourth-order valence-corrected chi connectivity index (χ4v) is 2.66. The minimum absolute atomic E-state index is 0.0452. The fraction of sp³-hybridized carbons (Fsp3) is 0.800. The van der Waals surface area contributed by atoms with Crippen LogP contribution in [-0.2, 0) is 23.9 Å². The van der Waals surface area contributed by atoms with E-state index in [1.807, 2.05) is 0 Å². The molecule has 6 nitrogen and oxygen atoms in total. The molecular weight excluding hydrogens is 274 g/mol. The van der Waals surface area contributed by atoms with Gasteiger partial charge in [-0.2, -0.15) is 0 Å². The molecule has 1 aliphatic rings. The number of ether oxygens (including phenoxy) is 2. The standard InChI is InChI=1S/C15H25NO5/c1-10(9-12(17)20-2)13(15(19)21-3)16-14(18)11-7-5-4-6-8-11/h10-11,13H,4-9H2,1-3H3,(H,16,18)/t10-,13-/m1/s1. The molecule has 120 valence electrons. The summed E-state index contributed by atoms with van der Waals surface area (Å²) in [6.45, 7) is 1.72. The molecule has 1 aliphatic carbocycles. The maximum Gasteiger partial charge on any atom is 0.328 e. The van der Waals surface area contributed by atoms with Gasteiger partial charge in [-0.1, -0.05) is 26.2 Å². The van der Waals surface area contributed by atoms with Crippen molar-refractivity contribution in [3.8, 4) is 0 Å². The summed E-state index contributed by atoms with van der Waals surface area (Å²) in [4.78, 5) is 35.4. The Morgan fingerprint density at radius 1 is 1.10 bits per heavy atom. The Morgan fingerprint density at radius 3 is 2.24 bits per heavy atom. The number of carbonyl (C=O) groups is 3. The van der Waals surface area contributed by atoms with Gasteiger partial charge in [-0.05, 0) is 18.8 Å². The van der Waals surface area contributed by atoms with Gasteiger partial charge < -0.3 is 14.8 Å². The molecule has 6 heteroatoms. The summed E-state index contributed by atoms with van der Waals surface area (Å²) in [6.07, 6.45) is 5.00. The molecule has 1 rings (SSSR count). The summed E-state index contributed by atoms with van der Waals surface area (Å²) in [5, 5.41) is 2.75. The van der Waals surface area contributed by atoms with Crippen LogP contribution < -0.4 is 5.32 Å². The zero-order chi connectivity index (χ0) is 15.8. The Hall–Kier alpha value is -1.59. The number of hydrogen-bond donors (Lipinski definition) is 1. The van der Waals surface area contributed by atoms with E-state index >= 15 is 0 Å². The van der Waals surface area contributed by atoms with Crippen molar-refractivity contribution in [3.05, 3.63) is 0 Å². The van der Waals surface area contributed by atoms with E-state index in [0.29, 0.717) is 0 Å². The van der Waals surface area contributed by atoms with Gasteiger partial charge in [0.1, 0.15) is 6.04 Å². The highest BCUT2D eigenvalue weighted by Crippen LogP contribution is 2.24. The second-order valence-electron chi connectivity index (χ2n) is 5.60. The first-order valence-corrected chi connectivity index (χ1v) is 7.44. The Bertz CT molecular complexity index is 376. The van der Waals surface area contributed by atoms with Crippen LogP contribution in [0.15, 0.2) is 0 Å². The number of methoxy groups -OCH3 is 2. The smallest absolute Gasteiger partial charge is 0.328 e. The Balaban J connectivity index is 2.66. The van der Waals surface area contributed by atoms with Crippen molar-refractivity contribution in [1.29, 1.82) is 0 Å². The average Bonchev–Trinajstić information content (AvgIpc) is 2.52. The highest BCUT2D eigenvalue weighted by Gasteiger charge is 2.32. The van der Waals surface area contributed by atoms with E-state index < -0.39 is 18.0 Å². The first-order valence-electron chi connectivity index (χ1n) is 7.44. The molecule has 0 aromatic rings. The molecule has 0 aromatic heterocycles. The summed E-state index contributed by atoms with van der Waals surface area (Å²) in [7, 11) is 2.57. The van der Waals surface area contributed by atoms with Gasteiger partial charge in [-0.25, -0.2) is 4.79 Å². The minimum Gasteiger partial charge on any atom is -0.469 e. The van der Waals surface area contributed by atoms with E-state index in [1.165, 1.54) is 14.2 Å². The van der Waals surface area contributed by atoms with Crippen molar-refractivity contribution in [2.45, 2.75) is 51.5 Å². The molecule has 0 bridgehead atoms. The van der Waals surface area contributed by atoms with Crippen molar-refractivity contribution in [1.82, 2.24) is 5.32 Å². The van der Waals surface area contributed by atoms with Crippen LogP contribution in [0.4, 0.5) is 0 Å². The monoisotopic (exact) mass is 299 g/mol. The molecule has 0 aromatic carbocycles. The average molecular weight is 299 g/mol. The van der Waals surface area contributed by atoms with Crippen molar-refractivity contribution < 1.29 is 23.9 Å². The summed E-state index contributed by atoms with van der Waals surface area (Å²) in [5.41, 5.74) is 0. The number of esters is 2. The maximum atomic E-state index is 12.3. The molecule has 0 heterocycles. The minimum atomic E-state index is -0.816. The Kier molecular flexibility index (Phi) is 7.19. The van der Waals surface area contributed by atoms with Crippen molar-refractivity contribution in [2.75, 3.05) is 14.2 Å². The molecule has 0 aliphatic heterocycles. The van der Waals surface area contributed by atoms with Crippen LogP contribution in [0.2, 0.25) is 0 Å². The van der Waals surface area contributed by atoms with Gasteiger partial charge in [-0.15, -0.1) is 0 Å². The molecule has 1 N–H and O–H groups in total. The Morgan fingerprint density at radius 2 is 1.71 bits per heavy atom. The zero-order valence-electron chi connectivity index (χ0n) is 13.0. The second kappa shape index (κ2) is 8.64. The molecule has 0 radical (unpaired) electrons. The number of rotatable bonds is 6. The van der Waals surface area contributed by atoms with E-state index in [1.54, 1.807) is 6.92 Å². The third-order valence-corrected chi connectivity index (χ3v) is 4.01. The summed E-state index contributed by atoms with van der Waals surface area (Å²) < 4.78 is 9.33. The lowest BCUT2D eigenvalue weighted by molar-refractivity contribution is -0.149. The number of amides is 1. The lowest BCUT2D eigenvalue weighted by Crippen LogP contribution is -2.48. The second-order valence-corrected chi connectivity index (χ2v) is 5.60.